The summed E-state index contributed by atoms with van der Waals surface area (Å²) in [6.07, 6.45) is 0.587. The number of hydrogen-bond acceptors (Lipinski definition) is 7. The van der Waals surface area contributed by atoms with E-state index in [-0.39, 0.29) is 18.0 Å². The van der Waals surface area contributed by atoms with Crippen LogP contribution in [-0.4, -0.2) is 70.0 Å². The Bertz CT molecular complexity index is 1300. The van der Waals surface area contributed by atoms with Crippen molar-refractivity contribution in [1.29, 1.82) is 0 Å². The number of likely N-dealkylation sites (N-methyl/N-ethyl adjacent to an activating group) is 1. The standard InChI is InChI=1S/C29H30N4O5/c1-20(35)28(26(36)19-34)32-29(38)23-12-8-21(9-13-23)6-7-22-10-14-24(15-11-22)31-27(37)18-33(2)17-25-5-3-4-16-30-25/h3-5,8-16,20,28,34-35H,17-19H2,1-2H3,(H,31,37)(H,32,38)/t20-,28+/m1/s1. The van der Waals surface area contributed by atoms with Gasteiger partial charge in [0.05, 0.1) is 18.3 Å². The van der Waals surface area contributed by atoms with Crippen LogP contribution in [0.3, 0.4) is 0 Å². The number of hydrogen-bond donors (Lipinski definition) is 4. The van der Waals surface area contributed by atoms with E-state index in [1.54, 1.807) is 54.7 Å². The van der Waals surface area contributed by atoms with Crippen LogP contribution in [0.1, 0.15) is 34.1 Å². The quantitative estimate of drug-likeness (QED) is 0.302. The lowest BCUT2D eigenvalue weighted by Crippen LogP contribution is -2.48. The van der Waals surface area contributed by atoms with Crippen molar-refractivity contribution in [2.45, 2.75) is 25.6 Å². The van der Waals surface area contributed by atoms with E-state index >= 15 is 0 Å². The first-order valence-electron chi connectivity index (χ1n) is 12.0. The summed E-state index contributed by atoms with van der Waals surface area (Å²) in [6.45, 7) is 1.38. The number of pyridine rings is 1. The van der Waals surface area contributed by atoms with Gasteiger partial charge in [0, 0.05) is 35.1 Å². The summed E-state index contributed by atoms with van der Waals surface area (Å²) in [4.78, 5) is 42.6. The number of carbonyl (C=O) groups excluding carboxylic acids is 3. The van der Waals surface area contributed by atoms with E-state index in [1.807, 2.05) is 30.1 Å². The maximum Gasteiger partial charge on any atom is 0.251 e. The van der Waals surface area contributed by atoms with Gasteiger partial charge in [0.1, 0.15) is 12.6 Å². The molecular weight excluding hydrogens is 484 g/mol. The van der Waals surface area contributed by atoms with Crippen LogP contribution >= 0.6 is 0 Å². The van der Waals surface area contributed by atoms with Crippen LogP contribution in [0.25, 0.3) is 0 Å². The number of nitrogens with one attached hydrogen (secondary N) is 2. The number of ketones is 1. The Morgan fingerprint density at radius 3 is 2.16 bits per heavy atom. The second kappa shape index (κ2) is 13.8. The molecule has 0 aliphatic heterocycles. The van der Waals surface area contributed by atoms with Crippen molar-refractivity contribution >= 4 is 23.3 Å². The van der Waals surface area contributed by atoms with Gasteiger partial charge in [-0.1, -0.05) is 17.9 Å². The lowest BCUT2D eigenvalue weighted by atomic mass is 10.1. The average molecular weight is 515 g/mol. The predicted octanol–water partition coefficient (Wildman–Crippen LogP) is 1.59. The zero-order valence-corrected chi connectivity index (χ0v) is 21.2. The third-order valence-electron chi connectivity index (χ3n) is 5.51. The van der Waals surface area contributed by atoms with E-state index in [2.05, 4.69) is 27.5 Å². The second-order valence-electron chi connectivity index (χ2n) is 8.76. The molecule has 9 nitrogen and oxygen atoms in total. The molecular formula is C29H30N4O5. The third kappa shape index (κ3) is 8.64. The minimum Gasteiger partial charge on any atom is -0.391 e. The lowest BCUT2D eigenvalue weighted by molar-refractivity contribution is -0.126. The highest BCUT2D eigenvalue weighted by Crippen LogP contribution is 2.10. The smallest absolute Gasteiger partial charge is 0.251 e. The molecule has 0 fully saturated rings. The maximum atomic E-state index is 12.4. The highest BCUT2D eigenvalue weighted by molar-refractivity contribution is 5.98. The molecule has 9 heteroatoms. The molecule has 0 unspecified atom stereocenters. The van der Waals surface area contributed by atoms with Crippen LogP contribution in [0.5, 0.6) is 0 Å². The van der Waals surface area contributed by atoms with Crippen LogP contribution in [0.2, 0.25) is 0 Å². The zero-order valence-electron chi connectivity index (χ0n) is 21.2. The molecule has 4 N–H and O–H groups in total. The van der Waals surface area contributed by atoms with E-state index in [0.717, 1.165) is 11.3 Å². The number of aliphatic hydroxyl groups is 2. The van der Waals surface area contributed by atoms with Crippen molar-refractivity contribution in [3.05, 3.63) is 95.3 Å². The topological polar surface area (TPSA) is 132 Å². The van der Waals surface area contributed by atoms with Gasteiger partial charge in [0.25, 0.3) is 5.91 Å². The van der Waals surface area contributed by atoms with Crippen molar-refractivity contribution < 1.29 is 24.6 Å². The predicted molar refractivity (Wildman–Crippen MR) is 143 cm³/mol. The molecule has 0 saturated carbocycles. The van der Waals surface area contributed by atoms with Gasteiger partial charge in [0.2, 0.25) is 5.91 Å². The molecule has 2 atom stereocenters. The Kier molecular flexibility index (Phi) is 10.3. The summed E-state index contributed by atoms with van der Waals surface area (Å²) in [5.74, 6) is 4.70. The van der Waals surface area contributed by atoms with Gasteiger partial charge in [-0.3, -0.25) is 24.3 Å². The number of aromatic nitrogens is 1. The Morgan fingerprint density at radius 1 is 0.974 bits per heavy atom. The molecule has 0 aliphatic rings. The van der Waals surface area contributed by atoms with Gasteiger partial charge in [-0.15, -0.1) is 0 Å². The highest BCUT2D eigenvalue weighted by Gasteiger charge is 2.25. The lowest BCUT2D eigenvalue weighted by Gasteiger charge is -2.19. The number of amides is 2. The number of nitrogens with zero attached hydrogens (tertiary/aromatic N) is 2. The summed E-state index contributed by atoms with van der Waals surface area (Å²) >= 11 is 0. The van der Waals surface area contributed by atoms with Gasteiger partial charge in [-0.2, -0.15) is 0 Å². The number of rotatable bonds is 10. The van der Waals surface area contributed by atoms with Crippen LogP contribution in [0, 0.1) is 11.8 Å². The first-order chi connectivity index (χ1) is 18.2. The summed E-state index contributed by atoms with van der Waals surface area (Å²) < 4.78 is 0. The monoisotopic (exact) mass is 514 g/mol. The third-order valence-corrected chi connectivity index (χ3v) is 5.51. The van der Waals surface area contributed by atoms with Crippen molar-refractivity contribution in [2.75, 3.05) is 25.5 Å². The van der Waals surface area contributed by atoms with Gasteiger partial charge in [-0.05, 0) is 74.6 Å². The average Bonchev–Trinajstić information content (AvgIpc) is 2.91. The number of benzene rings is 2. The van der Waals surface area contributed by atoms with Crippen molar-refractivity contribution in [3.8, 4) is 11.8 Å². The first-order valence-corrected chi connectivity index (χ1v) is 12.0. The normalized spacial score (nSPS) is 12.1. The minimum absolute atomic E-state index is 0.133. The molecule has 1 heterocycles. The molecule has 0 aliphatic carbocycles. The summed E-state index contributed by atoms with van der Waals surface area (Å²) in [5.41, 5.74) is 3.27. The fourth-order valence-electron chi connectivity index (χ4n) is 3.55. The zero-order chi connectivity index (χ0) is 27.5. The highest BCUT2D eigenvalue weighted by atomic mass is 16.3. The van der Waals surface area contributed by atoms with Crippen LogP contribution in [-0.2, 0) is 16.1 Å². The van der Waals surface area contributed by atoms with Gasteiger partial charge in [-0.25, -0.2) is 0 Å². The van der Waals surface area contributed by atoms with Gasteiger partial charge in [0.15, 0.2) is 5.78 Å². The summed E-state index contributed by atoms with van der Waals surface area (Å²) in [7, 11) is 1.86. The summed E-state index contributed by atoms with van der Waals surface area (Å²) in [5, 5.41) is 24.0. The second-order valence-corrected chi connectivity index (χ2v) is 8.76. The van der Waals surface area contributed by atoms with Crippen molar-refractivity contribution in [3.63, 3.8) is 0 Å². The largest absolute Gasteiger partial charge is 0.391 e. The maximum absolute atomic E-state index is 12.4. The van der Waals surface area contributed by atoms with E-state index < -0.39 is 30.4 Å². The molecule has 0 radical (unpaired) electrons. The number of aliphatic hydroxyl groups excluding tert-OH is 2. The van der Waals surface area contributed by atoms with Gasteiger partial charge < -0.3 is 20.8 Å². The van der Waals surface area contributed by atoms with E-state index in [9.17, 15) is 19.5 Å². The van der Waals surface area contributed by atoms with E-state index in [1.165, 1.54) is 6.92 Å². The van der Waals surface area contributed by atoms with E-state index in [0.29, 0.717) is 17.8 Å². The first kappa shape index (κ1) is 28.2. The molecule has 0 saturated heterocycles. The molecule has 0 bridgehead atoms. The molecule has 3 aromatic rings. The summed E-state index contributed by atoms with van der Waals surface area (Å²) in [6, 6.07) is 18.1. The fraction of sp³-hybridized carbons (Fsp3) is 0.241. The number of carbonyl (C=O) groups is 3. The van der Waals surface area contributed by atoms with Gasteiger partial charge >= 0.3 is 0 Å². The molecule has 3 rings (SSSR count). The molecule has 2 aromatic carbocycles. The molecule has 2 amide bonds. The molecule has 196 valence electrons. The van der Waals surface area contributed by atoms with Crippen LogP contribution in [0.15, 0.2) is 72.9 Å². The SMILES string of the molecule is C[C@@H](O)[C@H](NC(=O)c1ccc(C#Cc2ccc(NC(=O)CN(C)Cc3ccccn3)cc2)cc1)C(=O)CO. The van der Waals surface area contributed by atoms with Crippen LogP contribution in [0.4, 0.5) is 5.69 Å². The van der Waals surface area contributed by atoms with Crippen molar-refractivity contribution in [2.24, 2.45) is 0 Å². The Balaban J connectivity index is 1.53. The fourth-order valence-corrected chi connectivity index (χ4v) is 3.55. The minimum atomic E-state index is -1.19. The Hall–Kier alpha value is -4.36. The molecule has 1 aromatic heterocycles. The molecule has 38 heavy (non-hydrogen) atoms. The molecule has 0 spiro atoms. The van der Waals surface area contributed by atoms with Crippen molar-refractivity contribution in [1.82, 2.24) is 15.2 Å². The Labute approximate surface area is 221 Å². The number of Topliss-reactive ketones (excluding diaryl/α,β-unsaturated/α-hetero) is 1. The van der Waals surface area contributed by atoms with E-state index in [4.69, 9.17) is 5.11 Å². The van der Waals surface area contributed by atoms with Crippen LogP contribution < -0.4 is 10.6 Å². The number of anilines is 1. The Morgan fingerprint density at radius 2 is 1.61 bits per heavy atom.